The van der Waals surface area contributed by atoms with E-state index in [1.165, 1.54) is 23.9 Å². The molecule has 1 aliphatic rings. The maximum Gasteiger partial charge on any atom is 0.326 e. The Morgan fingerprint density at radius 3 is 2.23 bits per heavy atom. The van der Waals surface area contributed by atoms with Crippen molar-refractivity contribution in [2.75, 3.05) is 25.1 Å². The van der Waals surface area contributed by atoms with Crippen molar-refractivity contribution < 1.29 is 27.9 Å². The minimum absolute atomic E-state index is 0.106. The number of rotatable bonds is 12. The lowest BCUT2D eigenvalue weighted by Gasteiger charge is -2.34. The van der Waals surface area contributed by atoms with Crippen LogP contribution >= 0.6 is 11.8 Å². The van der Waals surface area contributed by atoms with Gasteiger partial charge >= 0.3 is 5.97 Å². The molecule has 196 valence electrons. The molecule has 0 radical (unpaired) electrons. The van der Waals surface area contributed by atoms with Crippen molar-refractivity contribution in [1.29, 1.82) is 0 Å². The third kappa shape index (κ3) is 8.80. The van der Waals surface area contributed by atoms with Crippen LogP contribution in [0.15, 0.2) is 29.2 Å². The highest BCUT2D eigenvalue weighted by Crippen LogP contribution is 2.21. The fourth-order valence-electron chi connectivity index (χ4n) is 4.01. The van der Waals surface area contributed by atoms with Crippen LogP contribution < -0.4 is 10.0 Å². The van der Waals surface area contributed by atoms with Gasteiger partial charge in [-0.1, -0.05) is 31.5 Å². The predicted molar refractivity (Wildman–Crippen MR) is 137 cm³/mol. The molecule has 2 atom stereocenters. The van der Waals surface area contributed by atoms with E-state index in [9.17, 15) is 27.9 Å². The molecule has 35 heavy (non-hydrogen) atoms. The number of piperidine rings is 1. The summed E-state index contributed by atoms with van der Waals surface area (Å²) in [7, 11) is -3.87. The Balaban J connectivity index is 2.02. The Morgan fingerprint density at radius 2 is 1.71 bits per heavy atom. The molecule has 1 aromatic rings. The van der Waals surface area contributed by atoms with Crippen LogP contribution in [0.25, 0.3) is 0 Å². The number of hydrogen-bond donors (Lipinski definition) is 3. The van der Waals surface area contributed by atoms with Gasteiger partial charge in [0.1, 0.15) is 12.1 Å². The lowest BCUT2D eigenvalue weighted by Crippen LogP contribution is -2.52. The van der Waals surface area contributed by atoms with Crippen LogP contribution in [0.3, 0.4) is 0 Å². The molecule has 1 heterocycles. The lowest BCUT2D eigenvalue weighted by atomic mass is 9.94. The first kappa shape index (κ1) is 29.1. The second kappa shape index (κ2) is 13.3. The quantitative estimate of drug-likeness (QED) is 0.380. The molecule has 0 spiro atoms. The fourth-order valence-corrected chi connectivity index (χ4v) is 5.70. The first-order valence-corrected chi connectivity index (χ1v) is 14.7. The first-order chi connectivity index (χ1) is 16.4. The van der Waals surface area contributed by atoms with E-state index in [1.807, 2.05) is 27.0 Å². The molecule has 0 aliphatic carbocycles. The summed E-state index contributed by atoms with van der Waals surface area (Å²) >= 11 is 1.53. The van der Waals surface area contributed by atoms with E-state index in [1.54, 1.807) is 17.0 Å². The molecule has 0 saturated carbocycles. The molecule has 2 rings (SSSR count). The van der Waals surface area contributed by atoms with Crippen molar-refractivity contribution in [3.05, 3.63) is 29.8 Å². The Labute approximate surface area is 212 Å². The number of sulfonamides is 1. The number of likely N-dealkylation sites (tertiary alicyclic amines) is 1. The number of nitrogens with one attached hydrogen (secondary N) is 2. The zero-order chi connectivity index (χ0) is 26.2. The Morgan fingerprint density at radius 1 is 1.11 bits per heavy atom. The normalized spacial score (nSPS) is 16.7. The molecule has 2 unspecified atom stereocenters. The van der Waals surface area contributed by atoms with Gasteiger partial charge in [-0.3, -0.25) is 9.59 Å². The summed E-state index contributed by atoms with van der Waals surface area (Å²) in [5, 5.41) is 12.0. The predicted octanol–water partition coefficient (Wildman–Crippen LogP) is 2.25. The average Bonchev–Trinajstić information content (AvgIpc) is 2.80. The number of thioether (sulfide) groups is 1. The highest BCUT2D eigenvalue weighted by atomic mass is 32.2. The van der Waals surface area contributed by atoms with Gasteiger partial charge in [0.25, 0.3) is 0 Å². The monoisotopic (exact) mass is 527 g/mol. The third-order valence-electron chi connectivity index (χ3n) is 6.04. The van der Waals surface area contributed by atoms with Crippen molar-refractivity contribution in [1.82, 2.24) is 14.9 Å². The number of carboxylic acids is 1. The highest BCUT2D eigenvalue weighted by Gasteiger charge is 2.34. The van der Waals surface area contributed by atoms with Crippen LogP contribution in [-0.2, 0) is 24.4 Å². The van der Waals surface area contributed by atoms with Crippen LogP contribution in [0.1, 0.15) is 45.1 Å². The third-order valence-corrected chi connectivity index (χ3v) is 8.17. The number of amides is 2. The van der Waals surface area contributed by atoms with Gasteiger partial charge in [-0.05, 0) is 62.7 Å². The zero-order valence-corrected chi connectivity index (χ0v) is 22.5. The van der Waals surface area contributed by atoms with Gasteiger partial charge in [0.05, 0.1) is 4.90 Å². The number of carbonyl (C=O) groups is 3. The minimum atomic E-state index is -3.87. The first-order valence-electron chi connectivity index (χ1n) is 11.8. The van der Waals surface area contributed by atoms with Gasteiger partial charge < -0.3 is 15.3 Å². The Bertz CT molecular complexity index is 973. The largest absolute Gasteiger partial charge is 0.480 e. The van der Waals surface area contributed by atoms with E-state index >= 15 is 0 Å². The molecule has 1 aromatic carbocycles. The average molecular weight is 528 g/mol. The lowest BCUT2D eigenvalue weighted by molar-refractivity contribution is -0.143. The summed E-state index contributed by atoms with van der Waals surface area (Å²) in [5.41, 5.74) is 0.935. The minimum Gasteiger partial charge on any atom is -0.480 e. The molecular formula is C24H37N3O6S2. The van der Waals surface area contributed by atoms with Crippen molar-refractivity contribution in [3.8, 4) is 0 Å². The highest BCUT2D eigenvalue weighted by molar-refractivity contribution is 7.98. The summed E-state index contributed by atoms with van der Waals surface area (Å²) in [6.07, 6.45) is 3.37. The standard InChI is InChI=1S/C24H37N3O6S2/c1-16(2)15-21(24(30)31)25-22(28)18-9-12-27(13-10-18)23(29)20(11-14-34-4)26-35(32,33)19-7-5-17(3)6-8-19/h5-8,16,18,20-21,26H,9-15H2,1-4H3,(H,25,28)(H,30,31). The van der Waals surface area contributed by atoms with Crippen LogP contribution in [0, 0.1) is 18.8 Å². The number of aryl methyl sites for hydroxylation is 1. The number of benzene rings is 1. The summed E-state index contributed by atoms with van der Waals surface area (Å²) in [5.74, 6) is -1.34. The molecular weight excluding hydrogens is 490 g/mol. The molecule has 3 N–H and O–H groups in total. The molecule has 1 saturated heterocycles. The van der Waals surface area contributed by atoms with Crippen molar-refractivity contribution in [2.24, 2.45) is 11.8 Å². The molecule has 1 aliphatic heterocycles. The molecule has 9 nitrogen and oxygen atoms in total. The van der Waals surface area contributed by atoms with Gasteiger partial charge in [0.15, 0.2) is 0 Å². The van der Waals surface area contributed by atoms with E-state index in [4.69, 9.17) is 0 Å². The number of hydrogen-bond acceptors (Lipinski definition) is 6. The Kier molecular flexibility index (Phi) is 11.0. The van der Waals surface area contributed by atoms with Gasteiger partial charge in [-0.2, -0.15) is 16.5 Å². The summed E-state index contributed by atoms with van der Waals surface area (Å²) in [6, 6.07) is 4.61. The van der Waals surface area contributed by atoms with E-state index < -0.39 is 28.1 Å². The molecule has 0 aromatic heterocycles. The molecule has 2 amide bonds. The van der Waals surface area contributed by atoms with E-state index in [0.717, 1.165) is 5.56 Å². The fraction of sp³-hybridized carbons (Fsp3) is 0.625. The Hall–Kier alpha value is -2.11. The summed E-state index contributed by atoms with van der Waals surface area (Å²) in [4.78, 5) is 39.0. The van der Waals surface area contributed by atoms with Crippen LogP contribution in [0.5, 0.6) is 0 Å². The summed E-state index contributed by atoms with van der Waals surface area (Å²) in [6.45, 7) is 6.27. The number of carboxylic acid groups (broad SMARTS) is 1. The van der Waals surface area contributed by atoms with Crippen LogP contribution in [-0.4, -0.2) is 73.4 Å². The van der Waals surface area contributed by atoms with Gasteiger partial charge in [0, 0.05) is 19.0 Å². The maximum absolute atomic E-state index is 13.2. The van der Waals surface area contributed by atoms with Gasteiger partial charge in [-0.15, -0.1) is 0 Å². The number of nitrogens with zero attached hydrogens (tertiary/aromatic N) is 1. The second-order valence-electron chi connectivity index (χ2n) is 9.40. The smallest absolute Gasteiger partial charge is 0.326 e. The van der Waals surface area contributed by atoms with E-state index in [2.05, 4.69) is 10.0 Å². The molecule has 11 heteroatoms. The van der Waals surface area contributed by atoms with E-state index in [-0.39, 0.29) is 28.5 Å². The summed E-state index contributed by atoms with van der Waals surface area (Å²) < 4.78 is 28.4. The number of aliphatic carboxylic acids is 1. The van der Waals surface area contributed by atoms with Crippen LogP contribution in [0.2, 0.25) is 0 Å². The molecule has 0 bridgehead atoms. The SMILES string of the molecule is CSCCC(NS(=O)(=O)c1ccc(C)cc1)C(=O)N1CCC(C(=O)NC(CC(C)C)C(=O)O)CC1. The zero-order valence-electron chi connectivity index (χ0n) is 20.8. The van der Waals surface area contributed by atoms with E-state index in [0.29, 0.717) is 44.5 Å². The van der Waals surface area contributed by atoms with Gasteiger partial charge in [-0.25, -0.2) is 13.2 Å². The second-order valence-corrected chi connectivity index (χ2v) is 12.1. The van der Waals surface area contributed by atoms with Crippen molar-refractivity contribution >= 4 is 39.6 Å². The molecule has 1 fully saturated rings. The van der Waals surface area contributed by atoms with Crippen molar-refractivity contribution in [2.45, 2.75) is 63.4 Å². The maximum atomic E-state index is 13.2. The number of carbonyl (C=O) groups excluding carboxylic acids is 2. The van der Waals surface area contributed by atoms with Crippen LogP contribution in [0.4, 0.5) is 0 Å². The van der Waals surface area contributed by atoms with Crippen molar-refractivity contribution in [3.63, 3.8) is 0 Å². The van der Waals surface area contributed by atoms with Gasteiger partial charge in [0.2, 0.25) is 21.8 Å². The topological polar surface area (TPSA) is 133 Å².